The van der Waals surface area contributed by atoms with Crippen LogP contribution in [0.1, 0.15) is 16.7 Å². The lowest BCUT2D eigenvalue weighted by molar-refractivity contribution is 0.318. The average molecular weight is 305 g/mol. The van der Waals surface area contributed by atoms with Gasteiger partial charge in [0.15, 0.2) is 5.84 Å². The van der Waals surface area contributed by atoms with Gasteiger partial charge in [-0.2, -0.15) is 0 Å². The van der Waals surface area contributed by atoms with Crippen LogP contribution in [0.25, 0.3) is 0 Å². The first-order valence-electron chi connectivity index (χ1n) is 6.44. The molecule has 3 N–H and O–H groups in total. The highest BCUT2D eigenvalue weighted by Gasteiger charge is 2.08. The van der Waals surface area contributed by atoms with Gasteiger partial charge in [0.25, 0.3) is 0 Å². The molecule has 5 nitrogen and oxygen atoms in total. The second-order valence-electron chi connectivity index (χ2n) is 4.82. The van der Waals surface area contributed by atoms with Crippen molar-refractivity contribution in [2.75, 3.05) is 7.05 Å². The normalized spacial score (nSPS) is 11.9. The second-order valence-corrected chi connectivity index (χ2v) is 5.23. The minimum atomic E-state index is 0.0496. The maximum Gasteiger partial charge on any atom is 0.170 e. The van der Waals surface area contributed by atoms with Crippen molar-refractivity contribution >= 4 is 17.4 Å². The smallest absolute Gasteiger partial charge is 0.170 e. The van der Waals surface area contributed by atoms with E-state index in [1.54, 1.807) is 24.5 Å². The molecule has 1 aromatic carbocycles. The molecule has 0 unspecified atom stereocenters. The summed E-state index contributed by atoms with van der Waals surface area (Å²) in [6.45, 7) is 1.51. The van der Waals surface area contributed by atoms with Gasteiger partial charge in [-0.15, -0.1) is 0 Å². The Labute approximate surface area is 128 Å². The van der Waals surface area contributed by atoms with Crippen LogP contribution in [0.5, 0.6) is 0 Å². The Morgan fingerprint density at radius 3 is 2.62 bits per heavy atom. The minimum Gasteiger partial charge on any atom is -0.409 e. The number of nitrogens with two attached hydrogens (primary N) is 1. The fourth-order valence-corrected chi connectivity index (χ4v) is 2.28. The molecule has 2 aromatic rings. The fourth-order valence-electron chi connectivity index (χ4n) is 2.04. The standard InChI is InChI=1S/C15H17ClN4O/c1-20(9-11-4-6-18-7-5-11)10-13-3-2-12(8-14(13)16)15(17)19-21/h2-8,21H,9-10H2,1H3,(H2,17,19). The largest absolute Gasteiger partial charge is 0.409 e. The Morgan fingerprint density at radius 1 is 1.29 bits per heavy atom. The van der Waals surface area contributed by atoms with Gasteiger partial charge in [0.05, 0.1) is 0 Å². The molecule has 21 heavy (non-hydrogen) atoms. The van der Waals surface area contributed by atoms with Crippen molar-refractivity contribution in [2.45, 2.75) is 13.1 Å². The van der Waals surface area contributed by atoms with Gasteiger partial charge in [0, 0.05) is 36.1 Å². The van der Waals surface area contributed by atoms with Crippen molar-refractivity contribution in [2.24, 2.45) is 10.9 Å². The van der Waals surface area contributed by atoms with Crippen molar-refractivity contribution in [3.8, 4) is 0 Å². The van der Waals surface area contributed by atoms with Crippen molar-refractivity contribution < 1.29 is 5.21 Å². The van der Waals surface area contributed by atoms with E-state index in [-0.39, 0.29) is 5.84 Å². The highest BCUT2D eigenvalue weighted by atomic mass is 35.5. The number of pyridine rings is 1. The highest BCUT2D eigenvalue weighted by Crippen LogP contribution is 2.20. The van der Waals surface area contributed by atoms with Crippen LogP contribution < -0.4 is 5.73 Å². The molecule has 1 aromatic heterocycles. The van der Waals surface area contributed by atoms with Crippen LogP contribution in [0.4, 0.5) is 0 Å². The molecule has 0 atom stereocenters. The van der Waals surface area contributed by atoms with Crippen LogP contribution in [0.15, 0.2) is 47.9 Å². The number of oxime groups is 1. The molecule has 0 bridgehead atoms. The summed E-state index contributed by atoms with van der Waals surface area (Å²) in [5, 5.41) is 12.2. The van der Waals surface area contributed by atoms with Crippen molar-refractivity contribution in [3.63, 3.8) is 0 Å². The quantitative estimate of drug-likeness (QED) is 0.385. The number of hydrogen-bond donors (Lipinski definition) is 2. The van der Waals surface area contributed by atoms with Gasteiger partial charge < -0.3 is 10.9 Å². The van der Waals surface area contributed by atoms with E-state index in [1.807, 2.05) is 25.2 Å². The van der Waals surface area contributed by atoms with E-state index < -0.39 is 0 Å². The third-order valence-electron chi connectivity index (χ3n) is 3.10. The zero-order valence-electron chi connectivity index (χ0n) is 11.7. The number of hydrogen-bond acceptors (Lipinski definition) is 4. The van der Waals surface area contributed by atoms with Gasteiger partial charge in [0.2, 0.25) is 0 Å². The van der Waals surface area contributed by atoms with Crippen molar-refractivity contribution in [3.05, 3.63) is 64.4 Å². The molecule has 0 aliphatic rings. The lowest BCUT2D eigenvalue weighted by Gasteiger charge is -2.18. The van der Waals surface area contributed by atoms with Crippen LogP contribution in [0.2, 0.25) is 5.02 Å². The monoisotopic (exact) mass is 304 g/mol. The number of amidine groups is 1. The molecule has 110 valence electrons. The van der Waals surface area contributed by atoms with Crippen LogP contribution in [0, 0.1) is 0 Å². The second kappa shape index (κ2) is 7.06. The molecule has 0 spiro atoms. The van der Waals surface area contributed by atoms with E-state index in [4.69, 9.17) is 22.5 Å². The Hall–Kier alpha value is -2.11. The Balaban J connectivity index is 2.06. The molecule has 1 heterocycles. The molecule has 6 heteroatoms. The zero-order chi connectivity index (χ0) is 15.2. The Bertz CT molecular complexity index is 631. The molecular formula is C15H17ClN4O. The molecule has 2 rings (SSSR count). The lowest BCUT2D eigenvalue weighted by Crippen LogP contribution is -2.18. The summed E-state index contributed by atoms with van der Waals surface area (Å²) in [4.78, 5) is 6.15. The number of aromatic nitrogens is 1. The third-order valence-corrected chi connectivity index (χ3v) is 3.45. The predicted molar refractivity (Wildman–Crippen MR) is 83.4 cm³/mol. The first-order valence-corrected chi connectivity index (χ1v) is 6.81. The van der Waals surface area contributed by atoms with Gasteiger partial charge in [0.1, 0.15) is 0 Å². The highest BCUT2D eigenvalue weighted by molar-refractivity contribution is 6.31. The first kappa shape index (κ1) is 15.3. The molecule has 0 amide bonds. The fraction of sp³-hybridized carbons (Fsp3) is 0.200. The van der Waals surface area contributed by atoms with Gasteiger partial charge in [-0.1, -0.05) is 28.9 Å². The summed E-state index contributed by atoms with van der Waals surface area (Å²) in [5.41, 5.74) is 8.32. The Kier molecular flexibility index (Phi) is 5.14. The van der Waals surface area contributed by atoms with Gasteiger partial charge in [-0.3, -0.25) is 9.88 Å². The van der Waals surface area contributed by atoms with Crippen LogP contribution in [0.3, 0.4) is 0 Å². The van der Waals surface area contributed by atoms with E-state index in [0.29, 0.717) is 17.1 Å². The summed E-state index contributed by atoms with van der Waals surface area (Å²) in [6.07, 6.45) is 3.56. The molecular weight excluding hydrogens is 288 g/mol. The van der Waals surface area contributed by atoms with E-state index in [2.05, 4.69) is 15.0 Å². The summed E-state index contributed by atoms with van der Waals surface area (Å²) < 4.78 is 0. The summed E-state index contributed by atoms with van der Waals surface area (Å²) >= 11 is 6.25. The average Bonchev–Trinajstić information content (AvgIpc) is 2.49. The summed E-state index contributed by atoms with van der Waals surface area (Å²) in [6, 6.07) is 9.35. The predicted octanol–water partition coefficient (Wildman–Crippen LogP) is 2.46. The number of benzene rings is 1. The Morgan fingerprint density at radius 2 is 2.00 bits per heavy atom. The summed E-state index contributed by atoms with van der Waals surface area (Å²) in [5.74, 6) is 0.0496. The van der Waals surface area contributed by atoms with Crippen LogP contribution >= 0.6 is 11.6 Å². The van der Waals surface area contributed by atoms with Gasteiger partial charge in [-0.05, 0) is 36.4 Å². The van der Waals surface area contributed by atoms with E-state index in [1.165, 1.54) is 5.56 Å². The number of halogens is 1. The van der Waals surface area contributed by atoms with Crippen LogP contribution in [-0.2, 0) is 13.1 Å². The topological polar surface area (TPSA) is 74.7 Å². The zero-order valence-corrected chi connectivity index (χ0v) is 12.5. The van der Waals surface area contributed by atoms with Crippen LogP contribution in [-0.4, -0.2) is 28.0 Å². The molecule has 0 saturated heterocycles. The maximum atomic E-state index is 8.66. The van der Waals surface area contributed by atoms with E-state index in [9.17, 15) is 0 Å². The minimum absolute atomic E-state index is 0.0496. The third kappa shape index (κ3) is 4.18. The van der Waals surface area contributed by atoms with Crippen molar-refractivity contribution in [1.82, 2.24) is 9.88 Å². The molecule has 0 fully saturated rings. The molecule has 0 aliphatic heterocycles. The van der Waals surface area contributed by atoms with Gasteiger partial charge >= 0.3 is 0 Å². The maximum absolute atomic E-state index is 8.66. The molecule has 0 aliphatic carbocycles. The SMILES string of the molecule is CN(Cc1ccncc1)Cc1ccc(/C(N)=N/O)cc1Cl. The molecule has 0 saturated carbocycles. The number of nitrogens with zero attached hydrogens (tertiary/aromatic N) is 3. The van der Waals surface area contributed by atoms with Crippen molar-refractivity contribution in [1.29, 1.82) is 0 Å². The summed E-state index contributed by atoms with van der Waals surface area (Å²) in [7, 11) is 2.02. The lowest BCUT2D eigenvalue weighted by atomic mass is 10.1. The van der Waals surface area contributed by atoms with E-state index >= 15 is 0 Å². The van der Waals surface area contributed by atoms with E-state index in [0.717, 1.165) is 12.1 Å². The number of rotatable bonds is 5. The van der Waals surface area contributed by atoms with Gasteiger partial charge in [-0.25, -0.2) is 0 Å². The first-order chi connectivity index (χ1) is 10.1. The molecule has 0 radical (unpaired) electrons.